The zero-order valence-corrected chi connectivity index (χ0v) is 29.6. The smallest absolute Gasteiger partial charge is 0.338 e. The minimum atomic E-state index is -2.30. The van der Waals surface area contributed by atoms with Crippen LogP contribution < -0.4 is 0 Å². The fraction of sp³-hybridized carbons (Fsp3) is 0.615. The third kappa shape index (κ3) is 3.35. The Morgan fingerprint density at radius 3 is 2.47 bits per heavy atom. The van der Waals surface area contributed by atoms with Crippen molar-refractivity contribution in [3.63, 3.8) is 0 Å². The molecule has 4 aliphatic carbocycles. The topological polar surface area (TPSA) is 160 Å². The average molecular weight is 705 g/mol. The van der Waals surface area contributed by atoms with Gasteiger partial charge in [0.25, 0.3) is 5.97 Å². The zero-order chi connectivity index (χ0) is 36.2. The maximum atomic E-state index is 14.0. The molecule has 2 N–H and O–H groups in total. The maximum absolute atomic E-state index is 14.0. The molecular formula is C39H44O12. The van der Waals surface area contributed by atoms with Crippen LogP contribution in [0.5, 0.6) is 0 Å². The highest BCUT2D eigenvalue weighted by Crippen LogP contribution is 2.88. The first-order valence-electron chi connectivity index (χ1n) is 17.9. The molecule has 12 heteroatoms. The molecule has 3 aliphatic heterocycles. The van der Waals surface area contributed by atoms with Gasteiger partial charge in [-0.05, 0) is 55.4 Å². The number of cyclic esters (lactones) is 1. The molecule has 2 saturated heterocycles. The normalized spacial score (nSPS) is 48.7. The molecule has 4 saturated carbocycles. The van der Waals surface area contributed by atoms with Gasteiger partial charge in [0.2, 0.25) is 0 Å². The van der Waals surface area contributed by atoms with Crippen LogP contribution >= 0.6 is 0 Å². The summed E-state index contributed by atoms with van der Waals surface area (Å²) in [6.45, 7) is 9.59. The molecule has 2 aromatic rings. The highest BCUT2D eigenvalue weighted by atomic mass is 17.0. The van der Waals surface area contributed by atoms with Crippen LogP contribution in [-0.2, 0) is 38.0 Å². The van der Waals surface area contributed by atoms with Crippen molar-refractivity contribution in [2.24, 2.45) is 28.1 Å². The lowest BCUT2D eigenvalue weighted by Crippen LogP contribution is -2.92. The molecule has 1 spiro atoms. The Bertz CT molecular complexity index is 1880. The number of rotatable bonds is 7. The van der Waals surface area contributed by atoms with Crippen molar-refractivity contribution in [1.29, 1.82) is 0 Å². The van der Waals surface area contributed by atoms with E-state index in [-0.39, 0.29) is 24.3 Å². The number of fused-ring (bicyclic) bond motifs is 4. The minimum Gasteiger partial charge on any atom is -0.472 e. The number of carbonyl (C=O) groups excluding carboxylic acids is 3. The van der Waals surface area contributed by atoms with Crippen LogP contribution in [0.1, 0.15) is 88.7 Å². The molecule has 6 fully saturated rings. The summed E-state index contributed by atoms with van der Waals surface area (Å²) in [5.41, 5.74) is -9.56. The third-order valence-corrected chi connectivity index (χ3v) is 14.7. The second kappa shape index (κ2) is 9.90. The monoisotopic (exact) mass is 704 g/mol. The Kier molecular flexibility index (Phi) is 6.46. The Morgan fingerprint density at radius 1 is 1.06 bits per heavy atom. The number of methoxy groups -OCH3 is 1. The maximum Gasteiger partial charge on any atom is 0.338 e. The first-order chi connectivity index (χ1) is 24.1. The molecule has 13 atom stereocenters. The van der Waals surface area contributed by atoms with Gasteiger partial charge in [0.15, 0.2) is 11.2 Å². The Hall–Kier alpha value is -3.55. The molecule has 0 amide bonds. The SMILES string of the molecule is CCC(C)C12O[C@@H]3[C@@]4(O)[C@@H](OC(=O)c5ccccc5)[C@]5(C)C[C@@]4(O)[C@@](C)([C@H]5CC(=O)OC)[C@]4(CC[C@]5(C)C(=CC(=O)O[C@H]5c5ccoc5)[C@@]34O1)O2. The van der Waals surface area contributed by atoms with Crippen LogP contribution in [0.4, 0.5) is 0 Å². The van der Waals surface area contributed by atoms with Gasteiger partial charge >= 0.3 is 17.9 Å². The molecule has 2 unspecified atom stereocenters. The van der Waals surface area contributed by atoms with Gasteiger partial charge in [-0.15, -0.1) is 0 Å². The Labute approximate surface area is 295 Å². The summed E-state index contributed by atoms with van der Waals surface area (Å²) >= 11 is 0. The fourth-order valence-corrected chi connectivity index (χ4v) is 12.4. The highest BCUT2D eigenvalue weighted by Gasteiger charge is 3.02. The standard InChI is InChI=1S/C39H44O12/c1-7-21(2)39-49-31-37(44)30(48-29(42)22-11-9-8-10-12-22)33(4)20-35(37,43)34(5,24(33)17-26(40)45-6)36(50-39)15-14-32(3)25(38(31,36)51-39)18-27(41)47-28(32)23-13-16-46-19-23/h8-13,16,18-19,21,24,28,30-31,43-44H,7,14-15,17,20H2,1-6H3/t21?,24-,28-,30-,31+,32+,33+,34+,35+,36-,37-,38+,39?/m0/s1. The lowest BCUT2D eigenvalue weighted by molar-refractivity contribution is -0.455. The van der Waals surface area contributed by atoms with E-state index in [2.05, 4.69) is 0 Å². The van der Waals surface area contributed by atoms with E-state index in [1.807, 2.05) is 34.6 Å². The van der Waals surface area contributed by atoms with Crippen molar-refractivity contribution in [3.05, 3.63) is 71.7 Å². The van der Waals surface area contributed by atoms with Gasteiger partial charge in [0.1, 0.15) is 29.5 Å². The van der Waals surface area contributed by atoms with Gasteiger partial charge in [-0.2, -0.15) is 0 Å². The number of aliphatic hydroxyl groups is 2. The molecule has 0 radical (unpaired) electrons. The molecule has 1 aromatic carbocycles. The van der Waals surface area contributed by atoms with Crippen molar-refractivity contribution in [1.82, 2.24) is 0 Å². The van der Waals surface area contributed by atoms with Crippen LogP contribution in [0, 0.1) is 28.1 Å². The summed E-state index contributed by atoms with van der Waals surface area (Å²) in [6, 6.07) is 10.2. The highest BCUT2D eigenvalue weighted by molar-refractivity contribution is 5.90. The fourth-order valence-electron chi connectivity index (χ4n) is 12.4. The first kappa shape index (κ1) is 33.3. The molecule has 12 nitrogen and oxygen atoms in total. The number of benzene rings is 1. The van der Waals surface area contributed by atoms with Crippen LogP contribution in [0.2, 0.25) is 0 Å². The van der Waals surface area contributed by atoms with E-state index in [1.54, 1.807) is 42.7 Å². The number of esters is 3. The van der Waals surface area contributed by atoms with Gasteiger partial charge in [-0.3, -0.25) is 4.79 Å². The second-order valence-corrected chi connectivity index (χ2v) is 16.6. The molecule has 7 aliphatic rings. The third-order valence-electron chi connectivity index (χ3n) is 14.7. The van der Waals surface area contributed by atoms with Gasteiger partial charge in [0, 0.05) is 40.2 Å². The van der Waals surface area contributed by atoms with Crippen molar-refractivity contribution in [2.45, 2.75) is 113 Å². The summed E-state index contributed by atoms with van der Waals surface area (Å²) in [5, 5.41) is 27.2. The van der Waals surface area contributed by atoms with E-state index in [0.717, 1.165) is 0 Å². The predicted molar refractivity (Wildman–Crippen MR) is 174 cm³/mol. The molecule has 272 valence electrons. The largest absolute Gasteiger partial charge is 0.472 e. The van der Waals surface area contributed by atoms with Crippen LogP contribution in [0.3, 0.4) is 0 Å². The van der Waals surface area contributed by atoms with Gasteiger partial charge in [-0.25, -0.2) is 9.59 Å². The first-order valence-corrected chi connectivity index (χ1v) is 17.9. The van der Waals surface area contributed by atoms with Crippen LogP contribution in [0.15, 0.2) is 65.0 Å². The molecule has 51 heavy (non-hydrogen) atoms. The molecule has 1 aromatic heterocycles. The summed E-state index contributed by atoms with van der Waals surface area (Å²) in [4.78, 5) is 41.1. The van der Waals surface area contributed by atoms with Crippen LogP contribution in [0.25, 0.3) is 0 Å². The van der Waals surface area contributed by atoms with Crippen molar-refractivity contribution < 1.29 is 57.4 Å². The Morgan fingerprint density at radius 2 is 1.80 bits per heavy atom. The van der Waals surface area contributed by atoms with E-state index in [4.69, 9.17) is 32.8 Å². The van der Waals surface area contributed by atoms with Crippen LogP contribution in [-0.4, -0.2) is 75.8 Å². The molecular weight excluding hydrogens is 660 g/mol. The van der Waals surface area contributed by atoms with Crippen molar-refractivity contribution in [3.8, 4) is 0 Å². The Balaban J connectivity index is 1.33. The predicted octanol–water partition coefficient (Wildman–Crippen LogP) is 4.54. The zero-order valence-electron chi connectivity index (χ0n) is 29.6. The second-order valence-electron chi connectivity index (χ2n) is 16.6. The number of furan rings is 1. The summed E-state index contributed by atoms with van der Waals surface area (Å²) in [7, 11) is 1.30. The number of ether oxygens (including phenoxy) is 6. The average Bonchev–Trinajstić information content (AvgIpc) is 3.91. The molecule has 9 rings (SSSR count). The van der Waals surface area contributed by atoms with E-state index in [1.165, 1.54) is 19.4 Å². The number of carbonyl (C=O) groups is 3. The number of hydrogen-bond acceptors (Lipinski definition) is 12. The van der Waals surface area contributed by atoms with Gasteiger partial charge in [-0.1, -0.05) is 52.8 Å². The van der Waals surface area contributed by atoms with Crippen molar-refractivity contribution >= 4 is 17.9 Å². The van der Waals surface area contributed by atoms with Gasteiger partial charge in [0.05, 0.1) is 25.2 Å². The van der Waals surface area contributed by atoms with E-state index >= 15 is 0 Å². The summed E-state index contributed by atoms with van der Waals surface area (Å²) in [6.07, 6.45) is 2.03. The van der Waals surface area contributed by atoms with Crippen molar-refractivity contribution in [2.75, 3.05) is 7.11 Å². The lowest BCUT2D eigenvalue weighted by atomic mass is 9.35. The molecule has 4 heterocycles. The lowest BCUT2D eigenvalue weighted by Gasteiger charge is -2.75. The van der Waals surface area contributed by atoms with Gasteiger partial charge < -0.3 is 43.1 Å². The van der Waals surface area contributed by atoms with E-state index in [9.17, 15) is 24.6 Å². The number of hydrogen-bond donors (Lipinski definition) is 2. The summed E-state index contributed by atoms with van der Waals surface area (Å²) in [5.74, 6) is -4.70. The van der Waals surface area contributed by atoms with E-state index < -0.39 is 86.8 Å². The summed E-state index contributed by atoms with van der Waals surface area (Å²) < 4.78 is 44.6. The van der Waals surface area contributed by atoms with E-state index in [0.29, 0.717) is 30.4 Å². The minimum absolute atomic E-state index is 0.0330. The quantitative estimate of drug-likeness (QED) is 0.307. The molecule has 4 bridgehead atoms.